The first-order valence-corrected chi connectivity index (χ1v) is 5.71. The zero-order chi connectivity index (χ0) is 12.2. The topological polar surface area (TPSA) is 30.2 Å². The number of fused-ring (bicyclic) bond motifs is 1. The first kappa shape index (κ1) is 10.5. The third-order valence-electron chi connectivity index (χ3n) is 3.55. The van der Waals surface area contributed by atoms with Gasteiger partial charge in [0.15, 0.2) is 5.76 Å². The summed E-state index contributed by atoms with van der Waals surface area (Å²) in [5.74, 6) is 0.116. The van der Waals surface area contributed by atoms with Crippen LogP contribution in [-0.4, -0.2) is 5.78 Å². The summed E-state index contributed by atoms with van der Waals surface area (Å²) in [4.78, 5) is 12.1. The van der Waals surface area contributed by atoms with E-state index >= 15 is 0 Å². The smallest absolute Gasteiger partial charge is 0.201 e. The quantitative estimate of drug-likeness (QED) is 0.737. The molecule has 0 amide bonds. The number of carbonyl (C=O) groups excluding carboxylic acids is 1. The molecule has 1 unspecified atom stereocenters. The number of hydrogen-bond donors (Lipinski definition) is 0. The van der Waals surface area contributed by atoms with Crippen LogP contribution >= 0.6 is 0 Å². The first-order valence-electron chi connectivity index (χ1n) is 5.71. The molecule has 0 aliphatic heterocycles. The third-order valence-corrected chi connectivity index (χ3v) is 3.55. The van der Waals surface area contributed by atoms with Gasteiger partial charge in [0.2, 0.25) is 5.78 Å². The van der Waals surface area contributed by atoms with E-state index in [0.717, 1.165) is 6.42 Å². The van der Waals surface area contributed by atoms with Gasteiger partial charge in [0, 0.05) is 11.3 Å². The Morgan fingerprint density at radius 1 is 1.41 bits per heavy atom. The van der Waals surface area contributed by atoms with Crippen molar-refractivity contribution in [2.75, 3.05) is 0 Å². The second-order valence-corrected chi connectivity index (χ2v) is 5.40. The maximum absolute atomic E-state index is 13.0. The molecule has 17 heavy (non-hydrogen) atoms. The highest BCUT2D eigenvalue weighted by molar-refractivity contribution is 6.00. The van der Waals surface area contributed by atoms with E-state index < -0.39 is 0 Å². The van der Waals surface area contributed by atoms with Gasteiger partial charge in [-0.3, -0.25) is 4.79 Å². The molecule has 0 saturated heterocycles. The van der Waals surface area contributed by atoms with Crippen molar-refractivity contribution in [3.05, 3.63) is 35.8 Å². The Kier molecular flexibility index (Phi) is 1.97. The summed E-state index contributed by atoms with van der Waals surface area (Å²) in [6, 6.07) is 5.91. The fraction of sp³-hybridized carbons (Fsp3) is 0.357. The molecule has 3 rings (SSSR count). The monoisotopic (exact) mass is 232 g/mol. The van der Waals surface area contributed by atoms with Gasteiger partial charge in [-0.05, 0) is 36.1 Å². The molecule has 1 aromatic heterocycles. The van der Waals surface area contributed by atoms with Crippen LogP contribution in [0.25, 0.3) is 11.0 Å². The van der Waals surface area contributed by atoms with Crippen molar-refractivity contribution in [3.63, 3.8) is 0 Å². The summed E-state index contributed by atoms with van der Waals surface area (Å²) < 4.78 is 18.5. The fourth-order valence-electron chi connectivity index (χ4n) is 2.22. The van der Waals surface area contributed by atoms with Crippen molar-refractivity contribution in [1.29, 1.82) is 0 Å². The van der Waals surface area contributed by atoms with Gasteiger partial charge in [0.25, 0.3) is 0 Å². The maximum Gasteiger partial charge on any atom is 0.201 e. The van der Waals surface area contributed by atoms with Crippen LogP contribution in [0, 0.1) is 17.2 Å². The predicted molar refractivity (Wildman–Crippen MR) is 62.4 cm³/mol. The summed E-state index contributed by atoms with van der Waals surface area (Å²) in [5.41, 5.74) is 0.648. The molecule has 1 aliphatic rings. The molecule has 1 atom stereocenters. The number of carbonyl (C=O) groups is 1. The number of hydrogen-bond acceptors (Lipinski definition) is 2. The molecule has 0 spiro atoms. The number of halogens is 1. The zero-order valence-electron chi connectivity index (χ0n) is 9.79. The van der Waals surface area contributed by atoms with E-state index in [-0.39, 0.29) is 22.9 Å². The molecule has 0 radical (unpaired) electrons. The largest absolute Gasteiger partial charge is 0.453 e. The highest BCUT2D eigenvalue weighted by atomic mass is 19.1. The molecule has 0 N–H and O–H groups in total. The first-order chi connectivity index (χ1) is 7.97. The minimum atomic E-state index is -0.316. The summed E-state index contributed by atoms with van der Waals surface area (Å²) in [7, 11) is 0. The van der Waals surface area contributed by atoms with Crippen molar-refractivity contribution in [3.8, 4) is 0 Å². The van der Waals surface area contributed by atoms with E-state index in [2.05, 4.69) is 13.8 Å². The summed E-state index contributed by atoms with van der Waals surface area (Å²) in [6.07, 6.45) is 0.900. The second kappa shape index (κ2) is 3.19. The highest BCUT2D eigenvalue weighted by Gasteiger charge is 2.51. The van der Waals surface area contributed by atoms with Crippen LogP contribution in [0.5, 0.6) is 0 Å². The zero-order valence-corrected chi connectivity index (χ0v) is 9.79. The Hall–Kier alpha value is -1.64. The molecule has 3 heteroatoms. The number of Topliss-reactive ketones (excluding diaryl/α,β-unsaturated/α-hetero) is 1. The Morgan fingerprint density at radius 3 is 2.76 bits per heavy atom. The van der Waals surface area contributed by atoms with Crippen LogP contribution in [-0.2, 0) is 0 Å². The molecular formula is C14H13FO2. The Labute approximate surface area is 98.4 Å². The SMILES string of the molecule is CC1(C)CC1C(=O)c1cc2cc(F)ccc2o1. The molecule has 2 aromatic rings. The van der Waals surface area contributed by atoms with Crippen LogP contribution in [0.4, 0.5) is 4.39 Å². The van der Waals surface area contributed by atoms with Crippen LogP contribution in [0.3, 0.4) is 0 Å². The van der Waals surface area contributed by atoms with Gasteiger partial charge >= 0.3 is 0 Å². The van der Waals surface area contributed by atoms with Crippen molar-refractivity contribution >= 4 is 16.8 Å². The van der Waals surface area contributed by atoms with E-state index in [4.69, 9.17) is 4.42 Å². The van der Waals surface area contributed by atoms with E-state index in [0.29, 0.717) is 16.7 Å². The number of benzene rings is 1. The normalized spacial score (nSPS) is 21.7. The lowest BCUT2D eigenvalue weighted by atomic mass is 10.1. The molecule has 88 valence electrons. The standard InChI is InChI=1S/C14H13FO2/c1-14(2)7-10(14)13(16)12-6-8-5-9(15)3-4-11(8)17-12/h3-6,10H,7H2,1-2H3. The third kappa shape index (κ3) is 1.66. The predicted octanol–water partition coefficient (Wildman–Crippen LogP) is 3.80. The van der Waals surface area contributed by atoms with E-state index in [1.807, 2.05) is 0 Å². The molecule has 1 fully saturated rings. The lowest BCUT2D eigenvalue weighted by Gasteiger charge is -1.98. The Balaban J connectivity index is 1.99. The molecule has 1 heterocycles. The average Bonchev–Trinajstić information content (AvgIpc) is 2.73. The lowest BCUT2D eigenvalue weighted by molar-refractivity contribution is 0.0928. The van der Waals surface area contributed by atoms with Gasteiger partial charge in [-0.15, -0.1) is 0 Å². The van der Waals surface area contributed by atoms with Gasteiger partial charge in [0.1, 0.15) is 11.4 Å². The number of ketones is 1. The van der Waals surface area contributed by atoms with Crippen molar-refractivity contribution in [2.45, 2.75) is 20.3 Å². The van der Waals surface area contributed by atoms with Crippen molar-refractivity contribution < 1.29 is 13.6 Å². The number of furan rings is 1. The van der Waals surface area contributed by atoms with Gasteiger partial charge in [-0.25, -0.2) is 4.39 Å². The van der Waals surface area contributed by atoms with Crippen LogP contribution in [0.1, 0.15) is 30.8 Å². The molecule has 0 bridgehead atoms. The summed E-state index contributed by atoms with van der Waals surface area (Å²) >= 11 is 0. The van der Waals surface area contributed by atoms with E-state index in [1.54, 1.807) is 12.1 Å². The van der Waals surface area contributed by atoms with Crippen molar-refractivity contribution in [2.24, 2.45) is 11.3 Å². The van der Waals surface area contributed by atoms with E-state index in [1.165, 1.54) is 12.1 Å². The van der Waals surface area contributed by atoms with Gasteiger partial charge in [-0.1, -0.05) is 13.8 Å². The van der Waals surface area contributed by atoms with Crippen LogP contribution in [0.15, 0.2) is 28.7 Å². The average molecular weight is 232 g/mol. The minimum Gasteiger partial charge on any atom is -0.453 e. The fourth-order valence-corrected chi connectivity index (χ4v) is 2.22. The van der Waals surface area contributed by atoms with Crippen LogP contribution < -0.4 is 0 Å². The summed E-state index contributed by atoms with van der Waals surface area (Å²) in [5, 5.41) is 0.645. The maximum atomic E-state index is 13.0. The van der Waals surface area contributed by atoms with Gasteiger partial charge in [-0.2, -0.15) is 0 Å². The van der Waals surface area contributed by atoms with E-state index in [9.17, 15) is 9.18 Å². The second-order valence-electron chi connectivity index (χ2n) is 5.40. The molecule has 1 saturated carbocycles. The van der Waals surface area contributed by atoms with Gasteiger partial charge < -0.3 is 4.42 Å². The Bertz CT molecular complexity index is 610. The van der Waals surface area contributed by atoms with Crippen LogP contribution in [0.2, 0.25) is 0 Å². The minimum absolute atomic E-state index is 0.0339. The molecule has 2 nitrogen and oxygen atoms in total. The lowest BCUT2D eigenvalue weighted by Crippen LogP contribution is -2.04. The van der Waals surface area contributed by atoms with Gasteiger partial charge in [0.05, 0.1) is 0 Å². The molecule has 1 aromatic carbocycles. The molecule has 1 aliphatic carbocycles. The summed E-state index contributed by atoms with van der Waals surface area (Å²) in [6.45, 7) is 4.13. The number of rotatable bonds is 2. The highest BCUT2D eigenvalue weighted by Crippen LogP contribution is 2.53. The Morgan fingerprint density at radius 2 is 2.12 bits per heavy atom. The van der Waals surface area contributed by atoms with Crippen molar-refractivity contribution in [1.82, 2.24) is 0 Å². The molecular weight excluding hydrogens is 219 g/mol.